The summed E-state index contributed by atoms with van der Waals surface area (Å²) in [5.74, 6) is -0.0133. The van der Waals surface area contributed by atoms with Gasteiger partial charge in [-0.15, -0.1) is 0 Å². The SMILES string of the molecule is Cc1cc(NC(=O)N(C)CC2CCOC2)c(Cl)cc1F. The predicted molar refractivity (Wildman–Crippen MR) is 76.7 cm³/mol. The van der Waals surface area contributed by atoms with E-state index >= 15 is 0 Å². The van der Waals surface area contributed by atoms with Crippen molar-refractivity contribution >= 4 is 23.3 Å². The molecule has 1 aromatic rings. The number of ether oxygens (including phenoxy) is 1. The molecular weight excluding hydrogens is 283 g/mol. The summed E-state index contributed by atoms with van der Waals surface area (Å²) < 4.78 is 18.6. The van der Waals surface area contributed by atoms with Crippen molar-refractivity contribution in [3.8, 4) is 0 Å². The molecule has 1 atom stereocenters. The Hall–Kier alpha value is -1.33. The van der Waals surface area contributed by atoms with Crippen molar-refractivity contribution in [3.05, 3.63) is 28.5 Å². The first-order valence-corrected chi connectivity index (χ1v) is 6.90. The summed E-state index contributed by atoms with van der Waals surface area (Å²) in [6.45, 7) is 3.70. The van der Waals surface area contributed by atoms with Gasteiger partial charge in [0, 0.05) is 26.1 Å². The van der Waals surface area contributed by atoms with Gasteiger partial charge >= 0.3 is 6.03 Å². The number of carbonyl (C=O) groups is 1. The average Bonchev–Trinajstić information content (AvgIpc) is 2.88. The number of anilines is 1. The second kappa shape index (κ2) is 6.41. The third kappa shape index (κ3) is 3.61. The van der Waals surface area contributed by atoms with Crippen LogP contribution in [-0.2, 0) is 4.74 Å². The normalized spacial score (nSPS) is 18.1. The largest absolute Gasteiger partial charge is 0.381 e. The van der Waals surface area contributed by atoms with Gasteiger partial charge in [-0.3, -0.25) is 0 Å². The van der Waals surface area contributed by atoms with E-state index in [0.29, 0.717) is 30.3 Å². The highest BCUT2D eigenvalue weighted by Crippen LogP contribution is 2.25. The summed E-state index contributed by atoms with van der Waals surface area (Å²) in [5, 5.41) is 2.89. The number of halogens is 2. The lowest BCUT2D eigenvalue weighted by molar-refractivity contribution is 0.175. The van der Waals surface area contributed by atoms with Crippen LogP contribution in [0.25, 0.3) is 0 Å². The van der Waals surface area contributed by atoms with Crippen LogP contribution in [0.1, 0.15) is 12.0 Å². The lowest BCUT2D eigenvalue weighted by Gasteiger charge is -2.21. The van der Waals surface area contributed by atoms with Crippen LogP contribution < -0.4 is 5.32 Å². The van der Waals surface area contributed by atoms with E-state index in [0.717, 1.165) is 13.0 Å². The fraction of sp³-hybridized carbons (Fsp3) is 0.500. The number of nitrogens with one attached hydrogen (secondary N) is 1. The van der Waals surface area contributed by atoms with E-state index in [-0.39, 0.29) is 16.9 Å². The molecule has 6 heteroatoms. The smallest absolute Gasteiger partial charge is 0.321 e. The van der Waals surface area contributed by atoms with Gasteiger partial charge in [0.15, 0.2) is 0 Å². The van der Waals surface area contributed by atoms with Crippen molar-refractivity contribution in [1.29, 1.82) is 0 Å². The maximum atomic E-state index is 13.3. The Kier molecular flexibility index (Phi) is 4.83. The van der Waals surface area contributed by atoms with Crippen LogP contribution in [0.2, 0.25) is 5.02 Å². The topological polar surface area (TPSA) is 41.6 Å². The van der Waals surface area contributed by atoms with Crippen LogP contribution in [-0.4, -0.2) is 37.7 Å². The molecule has 1 saturated heterocycles. The summed E-state index contributed by atoms with van der Waals surface area (Å²) in [7, 11) is 1.72. The van der Waals surface area contributed by atoms with Crippen molar-refractivity contribution in [2.75, 3.05) is 32.1 Å². The van der Waals surface area contributed by atoms with E-state index in [2.05, 4.69) is 5.32 Å². The zero-order valence-corrected chi connectivity index (χ0v) is 12.3. The number of amides is 2. The van der Waals surface area contributed by atoms with Gasteiger partial charge in [0.1, 0.15) is 5.82 Å². The quantitative estimate of drug-likeness (QED) is 0.930. The molecule has 2 amide bonds. The summed E-state index contributed by atoms with van der Waals surface area (Å²) in [5.41, 5.74) is 0.863. The monoisotopic (exact) mass is 300 g/mol. The number of aryl methyl sites for hydroxylation is 1. The Morgan fingerprint density at radius 3 is 3.00 bits per heavy atom. The highest BCUT2D eigenvalue weighted by atomic mass is 35.5. The Labute approximate surface area is 122 Å². The summed E-state index contributed by atoms with van der Waals surface area (Å²) >= 11 is 5.93. The van der Waals surface area contributed by atoms with Crippen LogP contribution in [0.5, 0.6) is 0 Å². The van der Waals surface area contributed by atoms with Crippen molar-refractivity contribution in [2.45, 2.75) is 13.3 Å². The fourth-order valence-electron chi connectivity index (χ4n) is 2.16. The highest BCUT2D eigenvalue weighted by Gasteiger charge is 2.20. The molecule has 1 unspecified atom stereocenters. The van der Waals surface area contributed by atoms with Crippen LogP contribution in [0.4, 0.5) is 14.9 Å². The Morgan fingerprint density at radius 2 is 2.35 bits per heavy atom. The molecule has 1 N–H and O–H groups in total. The summed E-state index contributed by atoms with van der Waals surface area (Å²) in [6, 6.07) is 2.48. The summed E-state index contributed by atoms with van der Waals surface area (Å²) in [6.07, 6.45) is 0.966. The van der Waals surface area contributed by atoms with Crippen molar-refractivity contribution in [3.63, 3.8) is 0 Å². The van der Waals surface area contributed by atoms with Gasteiger partial charge in [0.2, 0.25) is 0 Å². The molecule has 1 fully saturated rings. The van der Waals surface area contributed by atoms with E-state index in [1.807, 2.05) is 0 Å². The van der Waals surface area contributed by atoms with Crippen molar-refractivity contribution < 1.29 is 13.9 Å². The van der Waals surface area contributed by atoms with Gasteiger partial charge in [-0.2, -0.15) is 0 Å². The Balaban J connectivity index is 1.98. The number of rotatable bonds is 3. The van der Waals surface area contributed by atoms with Crippen LogP contribution in [0.3, 0.4) is 0 Å². The van der Waals surface area contributed by atoms with Gasteiger partial charge in [-0.25, -0.2) is 9.18 Å². The zero-order chi connectivity index (χ0) is 14.7. The second-order valence-electron chi connectivity index (χ2n) is 5.12. The highest BCUT2D eigenvalue weighted by molar-refractivity contribution is 6.33. The van der Waals surface area contributed by atoms with Gasteiger partial charge in [-0.05, 0) is 31.0 Å². The van der Waals surface area contributed by atoms with Crippen molar-refractivity contribution in [2.24, 2.45) is 5.92 Å². The number of benzene rings is 1. The zero-order valence-electron chi connectivity index (χ0n) is 11.6. The van der Waals surface area contributed by atoms with E-state index < -0.39 is 0 Å². The first-order chi connectivity index (χ1) is 9.47. The van der Waals surface area contributed by atoms with Crippen LogP contribution >= 0.6 is 11.6 Å². The average molecular weight is 301 g/mol. The standard InChI is InChI=1S/C14H18ClFN2O2/c1-9-5-13(11(15)6-12(9)16)17-14(19)18(2)7-10-3-4-20-8-10/h5-6,10H,3-4,7-8H2,1-2H3,(H,17,19). The molecule has 0 spiro atoms. The third-order valence-electron chi connectivity index (χ3n) is 3.39. The van der Waals surface area contributed by atoms with E-state index in [1.165, 1.54) is 12.1 Å². The molecule has 1 aromatic carbocycles. The summed E-state index contributed by atoms with van der Waals surface area (Å²) in [4.78, 5) is 13.7. The first kappa shape index (κ1) is 15.1. The number of urea groups is 1. The van der Waals surface area contributed by atoms with Gasteiger partial charge in [0.05, 0.1) is 17.3 Å². The Morgan fingerprint density at radius 1 is 1.60 bits per heavy atom. The lowest BCUT2D eigenvalue weighted by atomic mass is 10.1. The maximum Gasteiger partial charge on any atom is 0.321 e. The van der Waals surface area contributed by atoms with Crippen LogP contribution in [0, 0.1) is 18.7 Å². The molecule has 2 rings (SSSR count). The Bertz CT molecular complexity index is 504. The number of carbonyl (C=O) groups excluding carboxylic acids is 1. The third-order valence-corrected chi connectivity index (χ3v) is 3.71. The molecule has 1 aliphatic heterocycles. The molecule has 0 aromatic heterocycles. The van der Waals surface area contributed by atoms with Crippen LogP contribution in [0.15, 0.2) is 12.1 Å². The fourth-order valence-corrected chi connectivity index (χ4v) is 2.36. The minimum absolute atomic E-state index is 0.194. The molecule has 0 aliphatic carbocycles. The van der Waals surface area contributed by atoms with Gasteiger partial charge < -0.3 is 15.0 Å². The predicted octanol–water partition coefficient (Wildman–Crippen LogP) is 3.29. The number of hydrogen-bond acceptors (Lipinski definition) is 2. The van der Waals surface area contributed by atoms with E-state index in [9.17, 15) is 9.18 Å². The molecule has 20 heavy (non-hydrogen) atoms. The molecular formula is C14H18ClFN2O2. The second-order valence-corrected chi connectivity index (χ2v) is 5.53. The first-order valence-electron chi connectivity index (χ1n) is 6.53. The molecule has 0 radical (unpaired) electrons. The van der Waals surface area contributed by atoms with Crippen molar-refractivity contribution in [1.82, 2.24) is 4.90 Å². The van der Waals surface area contributed by atoms with Gasteiger partial charge in [0.25, 0.3) is 0 Å². The molecule has 1 aliphatic rings. The van der Waals surface area contributed by atoms with Gasteiger partial charge in [-0.1, -0.05) is 11.6 Å². The lowest BCUT2D eigenvalue weighted by Crippen LogP contribution is -2.35. The number of nitrogens with zero attached hydrogens (tertiary/aromatic N) is 1. The maximum absolute atomic E-state index is 13.3. The van der Waals surface area contributed by atoms with E-state index in [1.54, 1.807) is 18.9 Å². The molecule has 4 nitrogen and oxygen atoms in total. The minimum atomic E-state index is -0.385. The number of hydrogen-bond donors (Lipinski definition) is 1. The molecule has 0 saturated carbocycles. The van der Waals surface area contributed by atoms with E-state index in [4.69, 9.17) is 16.3 Å². The molecule has 1 heterocycles. The molecule has 0 bridgehead atoms. The molecule has 110 valence electrons. The minimum Gasteiger partial charge on any atom is -0.381 e.